The van der Waals surface area contributed by atoms with Gasteiger partial charge in [-0.15, -0.1) is 0 Å². The van der Waals surface area contributed by atoms with Crippen LogP contribution in [0.4, 0.5) is 0 Å². The number of rotatable bonds is 42. The van der Waals surface area contributed by atoms with E-state index < -0.39 is 59.6 Å². The summed E-state index contributed by atoms with van der Waals surface area (Å²) in [6, 6.07) is 0. The molecular formula is C42H80O13P2. The van der Waals surface area contributed by atoms with Crippen LogP contribution < -0.4 is 0 Å². The number of aliphatic hydroxyl groups excluding tert-OH is 1. The summed E-state index contributed by atoms with van der Waals surface area (Å²) in [6.45, 7) is 1.74. The van der Waals surface area contributed by atoms with E-state index in [1.165, 1.54) is 83.5 Å². The first-order chi connectivity index (χ1) is 27.4. The standard InChI is InChI=1S/C42H80O13P2/c1-3-5-7-9-11-13-15-17-19-21-23-25-27-29-31-33-41(44)51-37-40(38-54-57(49,50)53-36-39(43)35-52-56(46,47)48)55-42(45)34-32-30-28-26-24-22-20-18-16-14-12-10-8-6-4-2/h13,15,18,20,39-40,43H,3-12,14,16-17,19,21-38H2,1-2H3,(H,49,50)(H2,46,47,48). The van der Waals surface area contributed by atoms with Gasteiger partial charge in [0, 0.05) is 12.8 Å². The monoisotopic (exact) mass is 855 g/mol. The molecule has 0 aliphatic carbocycles. The van der Waals surface area contributed by atoms with Gasteiger partial charge < -0.3 is 29.3 Å². The lowest BCUT2D eigenvalue weighted by atomic mass is 10.1. The van der Waals surface area contributed by atoms with E-state index in [0.29, 0.717) is 12.8 Å². The fraction of sp³-hybridized carbons (Fsp3) is 0.857. The van der Waals surface area contributed by atoms with E-state index in [1.54, 1.807) is 0 Å². The molecule has 0 fully saturated rings. The van der Waals surface area contributed by atoms with E-state index in [4.69, 9.17) is 23.8 Å². The predicted octanol–water partition coefficient (Wildman–Crippen LogP) is 11.1. The minimum Gasteiger partial charge on any atom is -0.462 e. The van der Waals surface area contributed by atoms with Crippen LogP contribution in [0, 0.1) is 0 Å². The molecule has 3 unspecified atom stereocenters. The Kier molecular flexibility index (Phi) is 37.8. The molecule has 0 amide bonds. The van der Waals surface area contributed by atoms with Crippen molar-refractivity contribution in [2.24, 2.45) is 0 Å². The lowest BCUT2D eigenvalue weighted by Crippen LogP contribution is -2.30. The van der Waals surface area contributed by atoms with E-state index in [9.17, 15) is 28.7 Å². The SMILES string of the molecule is CCCCCCC=CCCCCCCCCCC(=O)OCC(COP(=O)(O)OCC(O)COP(=O)(O)O)OC(=O)CCCCCCCC=CCCCCCCCC. The van der Waals surface area contributed by atoms with Crippen LogP contribution in [0.15, 0.2) is 24.3 Å². The number of aliphatic hydroxyl groups is 1. The third-order valence-electron chi connectivity index (χ3n) is 9.30. The van der Waals surface area contributed by atoms with Crippen molar-refractivity contribution < 1.29 is 61.6 Å². The van der Waals surface area contributed by atoms with Crippen molar-refractivity contribution in [2.45, 2.75) is 206 Å². The quantitative estimate of drug-likeness (QED) is 0.0196. The molecule has 336 valence electrons. The first-order valence-electron chi connectivity index (χ1n) is 22.0. The number of ether oxygens (including phenoxy) is 2. The van der Waals surface area contributed by atoms with Gasteiger partial charge in [0.1, 0.15) is 12.7 Å². The fourth-order valence-electron chi connectivity index (χ4n) is 5.93. The van der Waals surface area contributed by atoms with Crippen molar-refractivity contribution in [2.75, 3.05) is 26.4 Å². The number of carbonyl (C=O) groups is 2. The van der Waals surface area contributed by atoms with Gasteiger partial charge in [-0.05, 0) is 64.2 Å². The molecule has 0 aromatic carbocycles. The maximum atomic E-state index is 12.6. The van der Waals surface area contributed by atoms with Crippen LogP contribution in [-0.2, 0) is 41.8 Å². The molecule has 0 spiro atoms. The van der Waals surface area contributed by atoms with Gasteiger partial charge >= 0.3 is 27.6 Å². The van der Waals surface area contributed by atoms with Crippen molar-refractivity contribution in [3.8, 4) is 0 Å². The van der Waals surface area contributed by atoms with Crippen molar-refractivity contribution in [3.05, 3.63) is 24.3 Å². The molecule has 0 heterocycles. The molecule has 0 radical (unpaired) electrons. The van der Waals surface area contributed by atoms with Crippen molar-refractivity contribution >= 4 is 27.6 Å². The Morgan fingerprint density at radius 1 is 0.491 bits per heavy atom. The summed E-state index contributed by atoms with van der Waals surface area (Å²) in [5.74, 6) is -1.04. The van der Waals surface area contributed by atoms with Gasteiger partial charge in [-0.2, -0.15) is 0 Å². The Morgan fingerprint density at radius 3 is 1.32 bits per heavy atom. The zero-order valence-electron chi connectivity index (χ0n) is 35.4. The van der Waals surface area contributed by atoms with Gasteiger partial charge in [0.25, 0.3) is 0 Å². The molecule has 0 aliphatic rings. The molecule has 4 N–H and O–H groups in total. The first-order valence-corrected chi connectivity index (χ1v) is 25.1. The summed E-state index contributed by atoms with van der Waals surface area (Å²) in [5.41, 5.74) is 0. The minimum atomic E-state index is -4.86. The molecule has 13 nitrogen and oxygen atoms in total. The van der Waals surface area contributed by atoms with Crippen molar-refractivity contribution in [3.63, 3.8) is 0 Å². The summed E-state index contributed by atoms with van der Waals surface area (Å²) in [4.78, 5) is 52.7. The molecule has 57 heavy (non-hydrogen) atoms. The Morgan fingerprint density at radius 2 is 0.860 bits per heavy atom. The summed E-state index contributed by atoms with van der Waals surface area (Å²) < 4.78 is 47.8. The first kappa shape index (κ1) is 55.6. The van der Waals surface area contributed by atoms with Gasteiger partial charge in [0.05, 0.1) is 19.8 Å². The van der Waals surface area contributed by atoms with Gasteiger partial charge in [0.2, 0.25) is 0 Å². The summed E-state index contributed by atoms with van der Waals surface area (Å²) in [5, 5.41) is 9.74. The van der Waals surface area contributed by atoms with Gasteiger partial charge in [-0.1, -0.05) is 141 Å². The Balaban J connectivity index is 4.52. The molecule has 0 aliphatic heterocycles. The van der Waals surface area contributed by atoms with Crippen LogP contribution in [0.1, 0.15) is 194 Å². The van der Waals surface area contributed by atoms with E-state index >= 15 is 0 Å². The Bertz CT molecular complexity index is 1110. The van der Waals surface area contributed by atoms with E-state index in [0.717, 1.165) is 70.6 Å². The molecule has 0 bridgehead atoms. The highest BCUT2D eigenvalue weighted by Crippen LogP contribution is 2.43. The maximum Gasteiger partial charge on any atom is 0.472 e. The third kappa shape index (κ3) is 42.5. The van der Waals surface area contributed by atoms with E-state index in [2.05, 4.69) is 47.2 Å². The average molecular weight is 855 g/mol. The van der Waals surface area contributed by atoms with Gasteiger partial charge in [-0.3, -0.25) is 23.2 Å². The number of esters is 2. The second kappa shape index (κ2) is 38.8. The van der Waals surface area contributed by atoms with Crippen LogP contribution in [0.3, 0.4) is 0 Å². The van der Waals surface area contributed by atoms with Crippen LogP contribution in [0.25, 0.3) is 0 Å². The molecule has 0 aromatic rings. The van der Waals surface area contributed by atoms with E-state index in [-0.39, 0.29) is 19.4 Å². The predicted molar refractivity (Wildman–Crippen MR) is 225 cm³/mol. The Hall–Kier alpha value is -1.40. The zero-order valence-corrected chi connectivity index (χ0v) is 37.2. The zero-order chi connectivity index (χ0) is 42.3. The van der Waals surface area contributed by atoms with Crippen molar-refractivity contribution in [1.29, 1.82) is 0 Å². The summed E-state index contributed by atoms with van der Waals surface area (Å²) in [7, 11) is -9.67. The fourth-order valence-corrected chi connectivity index (χ4v) is 7.08. The highest BCUT2D eigenvalue weighted by atomic mass is 31.2. The normalized spacial score (nSPS) is 14.3. The second-order valence-corrected chi connectivity index (χ2v) is 17.7. The van der Waals surface area contributed by atoms with Crippen molar-refractivity contribution in [1.82, 2.24) is 0 Å². The number of carbonyl (C=O) groups excluding carboxylic acids is 2. The Labute approximate surface area is 344 Å². The summed E-state index contributed by atoms with van der Waals surface area (Å²) in [6.07, 6.45) is 35.9. The highest BCUT2D eigenvalue weighted by molar-refractivity contribution is 7.47. The van der Waals surface area contributed by atoms with Crippen LogP contribution in [0.5, 0.6) is 0 Å². The largest absolute Gasteiger partial charge is 0.472 e. The molecule has 0 aromatic heterocycles. The molecule has 0 saturated heterocycles. The van der Waals surface area contributed by atoms with E-state index in [1.807, 2.05) is 0 Å². The van der Waals surface area contributed by atoms with Crippen LogP contribution in [0.2, 0.25) is 0 Å². The number of allylic oxidation sites excluding steroid dienone is 4. The molecular weight excluding hydrogens is 774 g/mol. The number of hydrogen-bond acceptors (Lipinski definition) is 10. The molecule has 3 atom stereocenters. The maximum absolute atomic E-state index is 12.6. The molecule has 0 rings (SSSR count). The minimum absolute atomic E-state index is 0.122. The lowest BCUT2D eigenvalue weighted by Gasteiger charge is -2.20. The topological polar surface area (TPSA) is 195 Å². The van der Waals surface area contributed by atoms with Gasteiger partial charge in [-0.25, -0.2) is 9.13 Å². The lowest BCUT2D eigenvalue weighted by molar-refractivity contribution is -0.161. The van der Waals surface area contributed by atoms with Crippen LogP contribution >= 0.6 is 15.6 Å². The van der Waals surface area contributed by atoms with Crippen LogP contribution in [-0.4, -0.2) is 70.4 Å². The highest BCUT2D eigenvalue weighted by Gasteiger charge is 2.28. The smallest absolute Gasteiger partial charge is 0.462 e. The molecule has 0 saturated carbocycles. The average Bonchev–Trinajstić information content (AvgIpc) is 3.17. The number of hydrogen-bond donors (Lipinski definition) is 4. The third-order valence-corrected chi connectivity index (χ3v) is 10.7. The summed E-state index contributed by atoms with van der Waals surface area (Å²) >= 11 is 0. The number of unbranched alkanes of at least 4 members (excludes halogenated alkanes) is 22. The van der Waals surface area contributed by atoms with Gasteiger partial charge in [0.15, 0.2) is 6.10 Å². The molecule has 15 heteroatoms. The number of phosphoric ester groups is 2. The second-order valence-electron chi connectivity index (χ2n) is 15.0. The number of phosphoric acid groups is 2.